The fraction of sp³-hybridized carbons (Fsp3) is 0.667. The van der Waals surface area contributed by atoms with Crippen LogP contribution in [0.25, 0.3) is 10.6 Å². The van der Waals surface area contributed by atoms with Gasteiger partial charge in [-0.25, -0.2) is 0 Å². The minimum atomic E-state index is -5.22. The highest BCUT2D eigenvalue weighted by atomic mass is 32.3. The van der Waals surface area contributed by atoms with Crippen LogP contribution in [0, 0.1) is 17.3 Å². The van der Waals surface area contributed by atoms with Crippen LogP contribution in [0.3, 0.4) is 0 Å². The number of amides is 6. The second-order valence-corrected chi connectivity index (χ2v) is 27.9. The number of carbonyl (C=O) groups excluding carboxylic acids is 6. The Morgan fingerprint density at radius 3 is 2.09 bits per heavy atom. The van der Waals surface area contributed by atoms with Gasteiger partial charge in [-0.15, -0.1) is 10.2 Å². The standard InChI is InChI=1S/C60H89N11O19S2/c1-31-27-71-50(51(31)80)55(84)63-26-39(75)23-41(62-25-33-5-8-35(9-6-33)56-67-68-57(91-56)36-10-12-38(13-11-36)69-19-16-60(3,4)17-20-69)52(81)64-47(32(2)74)58(85)70-28-40(76)24-42(70)53(82)65-48(45(79)21-34-7-14-43(77)46(22-34)90-92(87,88)89)54(83)66-49(59(71)86)44(78)15-18-61-37(29-72)30-73/h7,10-14,22,31-33,35,37,39-42,44-45,47-51,61-62,72-80H,5-6,8-9,15-21,23-30H2,1-4H3,(H,63,84)(H,64,81)(H,65,82)(H,66,83)(H,87,88,89)/t31-,32+,33?,35?,39+,40+,41-,42-,44+,45+,47-,48-,49-,50-,51-/m0/s1. The second kappa shape index (κ2) is 31.3. The Hall–Kier alpha value is -6.27. The molecule has 0 radical (unpaired) electrons. The lowest BCUT2D eigenvalue weighted by Gasteiger charge is -2.38. The van der Waals surface area contributed by atoms with Crippen LogP contribution in [0.4, 0.5) is 5.69 Å². The van der Waals surface area contributed by atoms with E-state index < -0.39 is 194 Å². The molecule has 4 aliphatic heterocycles. The first kappa shape index (κ1) is 71.6. The van der Waals surface area contributed by atoms with Gasteiger partial charge in [-0.05, 0) is 125 Å². The Labute approximate surface area is 537 Å². The molecular weight excluding hydrogens is 1240 g/mol. The summed E-state index contributed by atoms with van der Waals surface area (Å²) in [4.78, 5) is 92.2. The number of carbonyl (C=O) groups is 6. The summed E-state index contributed by atoms with van der Waals surface area (Å²) in [5, 5.41) is 126. The van der Waals surface area contributed by atoms with Gasteiger partial charge in [0.25, 0.3) is 0 Å². The molecule has 92 heavy (non-hydrogen) atoms. The fourth-order valence-corrected chi connectivity index (χ4v) is 14.0. The van der Waals surface area contributed by atoms with E-state index in [1.54, 1.807) is 11.3 Å². The number of aromatic nitrogens is 2. The number of hydrogen-bond acceptors (Lipinski definition) is 24. The maximum absolute atomic E-state index is 15.0. The molecule has 510 valence electrons. The number of aliphatic hydroxyl groups is 8. The minimum absolute atomic E-state index is 0.00762. The largest absolute Gasteiger partial charge is 0.504 e. The van der Waals surface area contributed by atoms with Crippen molar-refractivity contribution >= 4 is 62.9 Å². The molecular formula is C60H89N11O19S2. The van der Waals surface area contributed by atoms with Gasteiger partial charge in [-0.2, -0.15) is 8.42 Å². The monoisotopic (exact) mass is 1330 g/mol. The number of phenolic OH excluding ortho intramolecular Hbond substituents is 1. The maximum Gasteiger partial charge on any atom is 0.446 e. The zero-order valence-electron chi connectivity index (χ0n) is 51.9. The zero-order chi connectivity index (χ0) is 66.9. The van der Waals surface area contributed by atoms with E-state index in [-0.39, 0.29) is 37.0 Å². The molecule has 0 unspecified atom stereocenters. The van der Waals surface area contributed by atoms with Crippen molar-refractivity contribution < 1.29 is 91.9 Å². The number of aliphatic hydroxyl groups excluding tert-OH is 8. The van der Waals surface area contributed by atoms with Gasteiger partial charge in [0.2, 0.25) is 35.4 Å². The van der Waals surface area contributed by atoms with E-state index >= 15 is 0 Å². The van der Waals surface area contributed by atoms with E-state index in [0.717, 1.165) is 82.4 Å². The van der Waals surface area contributed by atoms with Gasteiger partial charge < -0.3 is 96.7 Å². The van der Waals surface area contributed by atoms with Crippen molar-refractivity contribution in [2.24, 2.45) is 17.3 Å². The van der Waals surface area contributed by atoms with Crippen LogP contribution in [0.2, 0.25) is 0 Å². The molecule has 13 atom stereocenters. The van der Waals surface area contributed by atoms with Gasteiger partial charge in [0, 0.05) is 68.7 Å². The zero-order valence-corrected chi connectivity index (χ0v) is 53.5. The molecule has 6 amide bonds. The van der Waals surface area contributed by atoms with Gasteiger partial charge in [0.15, 0.2) is 11.5 Å². The summed E-state index contributed by atoms with van der Waals surface area (Å²) in [6.07, 6.45) is -7.03. The highest BCUT2D eigenvalue weighted by Crippen LogP contribution is 2.40. The first-order valence-corrected chi connectivity index (χ1v) is 33.5. The summed E-state index contributed by atoms with van der Waals surface area (Å²) in [6.45, 7) is 6.82. The SMILES string of the molecule is C[C@@H](O)[C@@H]1NC(=O)[C@@H](NCC2CCC(c3nnc(-c4ccc(N5CCC(C)(C)CC5)cc4)s3)CC2)C[C@@H](O)CNC(=O)[C@@H]2[C@@H](O)[C@@H](C)CN2C(=O)[C@H]([C@H](O)CCNC(CO)CO)NC(=O)[C@H]([C@H](O)Cc2ccc(O)c(OS(=O)(=O)O)c2)NC(=O)[C@@H]2C[C@@H](O)CN2C1=O. The van der Waals surface area contributed by atoms with Crippen LogP contribution in [0.15, 0.2) is 42.5 Å². The number of benzene rings is 2. The third kappa shape index (κ3) is 18.3. The molecule has 2 aromatic carbocycles. The Balaban J connectivity index is 1.05. The van der Waals surface area contributed by atoms with E-state index in [1.807, 2.05) is 0 Å². The van der Waals surface area contributed by atoms with Crippen LogP contribution in [0.1, 0.15) is 102 Å². The smallest absolute Gasteiger partial charge is 0.446 e. The molecule has 1 aliphatic carbocycles. The van der Waals surface area contributed by atoms with Crippen LogP contribution < -0.4 is 41.0 Å². The van der Waals surface area contributed by atoms with E-state index in [9.17, 15) is 87.7 Å². The first-order valence-electron chi connectivity index (χ1n) is 31.3. The number of rotatable bonds is 19. The number of nitrogens with one attached hydrogen (secondary N) is 6. The van der Waals surface area contributed by atoms with E-state index in [4.69, 9.17) is 0 Å². The number of aromatic hydroxyl groups is 1. The maximum atomic E-state index is 15.0. The average Bonchev–Trinajstić information content (AvgIpc) is 1.85. The predicted molar refractivity (Wildman–Crippen MR) is 332 cm³/mol. The fourth-order valence-electron chi connectivity index (χ4n) is 12.6. The predicted octanol–water partition coefficient (Wildman–Crippen LogP) is -2.87. The van der Waals surface area contributed by atoms with Crippen LogP contribution in [0.5, 0.6) is 11.5 Å². The van der Waals surface area contributed by atoms with Crippen molar-refractivity contribution in [1.82, 2.24) is 51.9 Å². The van der Waals surface area contributed by atoms with E-state index in [1.165, 1.54) is 19.5 Å². The van der Waals surface area contributed by atoms with Crippen molar-refractivity contribution in [3.05, 3.63) is 53.0 Å². The molecule has 5 fully saturated rings. The summed E-state index contributed by atoms with van der Waals surface area (Å²) >= 11 is 1.55. The van der Waals surface area contributed by atoms with Crippen molar-refractivity contribution in [2.45, 2.75) is 177 Å². The summed E-state index contributed by atoms with van der Waals surface area (Å²) in [7, 11) is -5.22. The molecule has 0 bridgehead atoms. The summed E-state index contributed by atoms with van der Waals surface area (Å²) in [6, 6.07) is -0.356. The Bertz CT molecular complexity index is 3140. The normalized spacial score (nSPS) is 29.3. The van der Waals surface area contributed by atoms with Crippen LogP contribution in [-0.2, 0) is 45.6 Å². The molecule has 30 nitrogen and oxygen atoms in total. The van der Waals surface area contributed by atoms with E-state index in [0.29, 0.717) is 18.3 Å². The number of fused-ring (bicyclic) bond motifs is 2. The summed E-state index contributed by atoms with van der Waals surface area (Å²) < 4.78 is 37.0. The van der Waals surface area contributed by atoms with Crippen LogP contribution >= 0.6 is 11.3 Å². The number of hydrogen-bond donors (Lipinski definition) is 16. The number of nitrogens with zero attached hydrogens (tertiary/aromatic N) is 5. The van der Waals surface area contributed by atoms with Crippen molar-refractivity contribution in [1.29, 1.82) is 0 Å². The lowest BCUT2D eigenvalue weighted by molar-refractivity contribution is -0.147. The molecule has 8 rings (SSSR count). The van der Waals surface area contributed by atoms with Crippen LogP contribution in [-0.4, -0.2) is 252 Å². The van der Waals surface area contributed by atoms with Gasteiger partial charge in [0.05, 0.1) is 61.9 Å². The Kier molecular flexibility index (Phi) is 24.4. The molecule has 0 spiro atoms. The molecule has 16 N–H and O–H groups in total. The molecule has 5 heterocycles. The lowest BCUT2D eigenvalue weighted by atomic mass is 9.82. The van der Waals surface area contributed by atoms with Crippen molar-refractivity contribution in [2.75, 3.05) is 63.9 Å². The second-order valence-electron chi connectivity index (χ2n) is 25.9. The molecule has 4 saturated heterocycles. The molecule has 32 heteroatoms. The molecule has 1 saturated carbocycles. The highest BCUT2D eigenvalue weighted by molar-refractivity contribution is 7.81. The van der Waals surface area contributed by atoms with Gasteiger partial charge >= 0.3 is 10.4 Å². The number of β-amino-alcohol motifs (C(OH)–C–C–N with tert-alkyl or cyclic N) is 1. The van der Waals surface area contributed by atoms with Crippen molar-refractivity contribution in [3.8, 4) is 22.1 Å². The number of phenols is 1. The lowest BCUT2D eigenvalue weighted by Crippen LogP contribution is -2.64. The topological polar surface area (TPSA) is 456 Å². The average molecular weight is 1330 g/mol. The molecule has 5 aliphatic rings. The first-order chi connectivity index (χ1) is 43.5. The van der Waals surface area contributed by atoms with Gasteiger partial charge in [-0.3, -0.25) is 33.3 Å². The quantitative estimate of drug-likeness (QED) is 0.0537. The minimum Gasteiger partial charge on any atom is -0.504 e. The van der Waals surface area contributed by atoms with Gasteiger partial charge in [0.1, 0.15) is 40.2 Å². The third-order valence-corrected chi connectivity index (χ3v) is 19.8. The highest BCUT2D eigenvalue weighted by Gasteiger charge is 2.50. The Morgan fingerprint density at radius 2 is 1.43 bits per heavy atom. The summed E-state index contributed by atoms with van der Waals surface area (Å²) in [5.41, 5.74) is 2.40. The third-order valence-electron chi connectivity index (χ3n) is 18.3. The molecule has 1 aromatic heterocycles. The number of anilines is 1. The van der Waals surface area contributed by atoms with Gasteiger partial charge in [-0.1, -0.05) is 38.2 Å². The number of piperidine rings is 1. The van der Waals surface area contributed by atoms with E-state index in [2.05, 4.69) is 89.3 Å². The Morgan fingerprint density at radius 1 is 0.783 bits per heavy atom. The van der Waals surface area contributed by atoms with Crippen molar-refractivity contribution in [3.63, 3.8) is 0 Å². The summed E-state index contributed by atoms with van der Waals surface area (Å²) in [5.74, 6) is -9.00. The molecule has 3 aromatic rings.